The van der Waals surface area contributed by atoms with E-state index in [1.165, 1.54) is 31.2 Å². The summed E-state index contributed by atoms with van der Waals surface area (Å²) >= 11 is 1.77. The molecule has 2 amide bonds. The van der Waals surface area contributed by atoms with Crippen LogP contribution in [0.5, 0.6) is 0 Å². The summed E-state index contributed by atoms with van der Waals surface area (Å²) in [6.07, 6.45) is 6.51. The zero-order valence-corrected chi connectivity index (χ0v) is 21.3. The highest BCUT2D eigenvalue weighted by Gasteiger charge is 2.28. The molecule has 1 aromatic rings. The Morgan fingerprint density at radius 2 is 1.76 bits per heavy atom. The molecule has 2 N–H and O–H groups in total. The molecule has 7 heteroatoms. The number of nitrogens with one attached hydrogen (secondary N) is 2. The fourth-order valence-electron chi connectivity index (χ4n) is 4.54. The van der Waals surface area contributed by atoms with E-state index < -0.39 is 17.7 Å². The van der Waals surface area contributed by atoms with E-state index in [1.54, 1.807) is 11.8 Å². The minimum atomic E-state index is -0.590. The van der Waals surface area contributed by atoms with Gasteiger partial charge in [-0.05, 0) is 63.7 Å². The monoisotopic (exact) mass is 475 g/mol. The van der Waals surface area contributed by atoms with Crippen molar-refractivity contribution in [1.29, 1.82) is 0 Å². The van der Waals surface area contributed by atoms with E-state index in [-0.39, 0.29) is 11.9 Å². The minimum absolute atomic E-state index is 0.0960. The highest BCUT2D eigenvalue weighted by Crippen LogP contribution is 2.28. The molecular formula is C26H41N3O3S. The number of hydrogen-bond acceptors (Lipinski definition) is 5. The van der Waals surface area contributed by atoms with Crippen molar-refractivity contribution in [2.45, 2.75) is 83.5 Å². The van der Waals surface area contributed by atoms with Gasteiger partial charge in [0.2, 0.25) is 5.91 Å². The molecule has 1 heterocycles. The first-order valence-electron chi connectivity index (χ1n) is 12.4. The molecule has 1 aliphatic heterocycles. The van der Waals surface area contributed by atoms with Gasteiger partial charge in [0.15, 0.2) is 0 Å². The Balaban J connectivity index is 1.47. The summed E-state index contributed by atoms with van der Waals surface area (Å²) < 4.78 is 5.41. The molecule has 2 aliphatic rings. The Morgan fingerprint density at radius 3 is 2.39 bits per heavy atom. The second kappa shape index (κ2) is 12.7. The number of likely N-dealkylation sites (tertiary alicyclic amines) is 1. The van der Waals surface area contributed by atoms with E-state index >= 15 is 0 Å². The first-order chi connectivity index (χ1) is 15.8. The van der Waals surface area contributed by atoms with E-state index in [2.05, 4.69) is 39.8 Å². The predicted octanol–water partition coefficient (Wildman–Crippen LogP) is 4.58. The highest BCUT2D eigenvalue weighted by molar-refractivity contribution is 7.99. The van der Waals surface area contributed by atoms with Gasteiger partial charge in [-0.15, -0.1) is 0 Å². The maximum absolute atomic E-state index is 13.1. The SMILES string of the molecule is CC(C)(C)OC(=O)NC(CSCC1CCCC1)C(=O)NC1CCN(Cc2ccccc2)CC1. The molecule has 2 fully saturated rings. The van der Waals surface area contributed by atoms with Gasteiger partial charge in [0, 0.05) is 31.4 Å². The van der Waals surface area contributed by atoms with Crippen molar-refractivity contribution < 1.29 is 14.3 Å². The number of carbonyl (C=O) groups is 2. The van der Waals surface area contributed by atoms with Crippen LogP contribution >= 0.6 is 11.8 Å². The number of alkyl carbamates (subject to hydrolysis) is 1. The van der Waals surface area contributed by atoms with Crippen LogP contribution in [0.1, 0.15) is 64.9 Å². The molecule has 33 heavy (non-hydrogen) atoms. The maximum atomic E-state index is 13.1. The van der Waals surface area contributed by atoms with E-state index in [0.717, 1.165) is 44.1 Å². The molecule has 0 spiro atoms. The van der Waals surface area contributed by atoms with Crippen LogP contribution < -0.4 is 10.6 Å². The van der Waals surface area contributed by atoms with Gasteiger partial charge in [-0.1, -0.05) is 43.2 Å². The lowest BCUT2D eigenvalue weighted by molar-refractivity contribution is -0.123. The van der Waals surface area contributed by atoms with Crippen molar-refractivity contribution >= 4 is 23.8 Å². The number of amides is 2. The number of piperidine rings is 1. The molecule has 0 aromatic heterocycles. The molecule has 3 rings (SSSR count). The van der Waals surface area contributed by atoms with E-state index in [0.29, 0.717) is 5.75 Å². The second-order valence-electron chi connectivity index (χ2n) is 10.4. The van der Waals surface area contributed by atoms with Gasteiger partial charge in [-0.2, -0.15) is 11.8 Å². The third-order valence-corrected chi connectivity index (χ3v) is 7.58. The summed E-state index contributed by atoms with van der Waals surface area (Å²) in [5.74, 6) is 2.28. The Morgan fingerprint density at radius 1 is 1.09 bits per heavy atom. The molecule has 1 unspecified atom stereocenters. The molecule has 1 atom stereocenters. The van der Waals surface area contributed by atoms with Gasteiger partial charge < -0.3 is 15.4 Å². The Hall–Kier alpha value is -1.73. The predicted molar refractivity (Wildman–Crippen MR) is 135 cm³/mol. The zero-order chi connectivity index (χ0) is 23.7. The van der Waals surface area contributed by atoms with Gasteiger partial charge >= 0.3 is 6.09 Å². The van der Waals surface area contributed by atoms with Gasteiger partial charge in [-0.25, -0.2) is 4.79 Å². The van der Waals surface area contributed by atoms with Crippen LogP contribution in [0.2, 0.25) is 0 Å². The van der Waals surface area contributed by atoms with Crippen LogP contribution in [0, 0.1) is 5.92 Å². The standard InChI is InChI=1S/C26H41N3O3S/c1-26(2,3)32-25(31)28-23(19-33-18-21-11-7-8-12-21)24(30)27-22-13-15-29(16-14-22)17-20-9-5-4-6-10-20/h4-6,9-10,21-23H,7-8,11-19H2,1-3H3,(H,27,30)(H,28,31). The van der Waals surface area contributed by atoms with Crippen molar-refractivity contribution in [2.75, 3.05) is 24.6 Å². The number of carbonyl (C=O) groups excluding carboxylic acids is 2. The molecule has 1 saturated heterocycles. The normalized spacial score (nSPS) is 19.2. The first kappa shape index (κ1) is 25.9. The van der Waals surface area contributed by atoms with E-state index in [1.807, 2.05) is 26.8 Å². The van der Waals surface area contributed by atoms with Crippen LogP contribution in [0.15, 0.2) is 30.3 Å². The maximum Gasteiger partial charge on any atom is 0.408 e. The van der Waals surface area contributed by atoms with Crippen molar-refractivity contribution in [1.82, 2.24) is 15.5 Å². The van der Waals surface area contributed by atoms with Crippen LogP contribution in [0.25, 0.3) is 0 Å². The molecule has 1 saturated carbocycles. The quantitative estimate of drug-likeness (QED) is 0.547. The second-order valence-corrected chi connectivity index (χ2v) is 11.5. The summed E-state index contributed by atoms with van der Waals surface area (Å²) in [5, 5.41) is 6.03. The number of nitrogens with zero attached hydrogens (tertiary/aromatic N) is 1. The Kier molecular flexibility index (Phi) is 9.93. The average Bonchev–Trinajstić information content (AvgIpc) is 3.27. The largest absolute Gasteiger partial charge is 0.444 e. The fourth-order valence-corrected chi connectivity index (χ4v) is 5.81. The number of ether oxygens (including phenoxy) is 1. The molecule has 184 valence electrons. The smallest absolute Gasteiger partial charge is 0.408 e. The van der Waals surface area contributed by atoms with Crippen LogP contribution in [-0.2, 0) is 16.1 Å². The fraction of sp³-hybridized carbons (Fsp3) is 0.692. The van der Waals surface area contributed by atoms with Crippen molar-refractivity contribution in [2.24, 2.45) is 5.92 Å². The molecular weight excluding hydrogens is 434 g/mol. The number of thioether (sulfide) groups is 1. The number of benzene rings is 1. The summed E-state index contributed by atoms with van der Waals surface area (Å²) in [4.78, 5) is 27.9. The topological polar surface area (TPSA) is 70.7 Å². The Labute approximate surface area is 203 Å². The number of hydrogen-bond donors (Lipinski definition) is 2. The van der Waals surface area contributed by atoms with Crippen LogP contribution in [0.4, 0.5) is 4.79 Å². The van der Waals surface area contributed by atoms with Crippen molar-refractivity contribution in [3.8, 4) is 0 Å². The van der Waals surface area contributed by atoms with Gasteiger partial charge in [0.25, 0.3) is 0 Å². The third kappa shape index (κ3) is 9.57. The third-order valence-electron chi connectivity index (χ3n) is 6.30. The zero-order valence-electron chi connectivity index (χ0n) is 20.5. The van der Waals surface area contributed by atoms with Crippen molar-refractivity contribution in [3.05, 3.63) is 35.9 Å². The van der Waals surface area contributed by atoms with Gasteiger partial charge in [0.05, 0.1) is 0 Å². The molecule has 1 aromatic carbocycles. The van der Waals surface area contributed by atoms with Crippen LogP contribution in [0.3, 0.4) is 0 Å². The molecule has 1 aliphatic carbocycles. The molecule has 0 bridgehead atoms. The molecule has 0 radical (unpaired) electrons. The van der Waals surface area contributed by atoms with Crippen molar-refractivity contribution in [3.63, 3.8) is 0 Å². The van der Waals surface area contributed by atoms with Gasteiger partial charge in [-0.3, -0.25) is 9.69 Å². The molecule has 6 nitrogen and oxygen atoms in total. The number of rotatable bonds is 9. The van der Waals surface area contributed by atoms with E-state index in [4.69, 9.17) is 4.74 Å². The Bertz CT molecular complexity index is 739. The summed E-state index contributed by atoms with van der Waals surface area (Å²) in [7, 11) is 0. The lowest BCUT2D eigenvalue weighted by Crippen LogP contribution is -2.53. The summed E-state index contributed by atoms with van der Waals surface area (Å²) in [6.45, 7) is 8.36. The van der Waals surface area contributed by atoms with Gasteiger partial charge in [0.1, 0.15) is 11.6 Å². The first-order valence-corrected chi connectivity index (χ1v) is 13.6. The highest BCUT2D eigenvalue weighted by atomic mass is 32.2. The lowest BCUT2D eigenvalue weighted by atomic mass is 10.0. The average molecular weight is 476 g/mol. The van der Waals surface area contributed by atoms with E-state index in [9.17, 15) is 9.59 Å². The minimum Gasteiger partial charge on any atom is -0.444 e. The summed E-state index contributed by atoms with van der Waals surface area (Å²) in [6, 6.07) is 10.1. The van der Waals surface area contributed by atoms with Crippen LogP contribution in [-0.4, -0.2) is 59.2 Å². The summed E-state index contributed by atoms with van der Waals surface area (Å²) in [5.41, 5.74) is 0.731. The lowest BCUT2D eigenvalue weighted by Gasteiger charge is -2.33.